The number of anilines is 1. The fourth-order valence-corrected chi connectivity index (χ4v) is 2.67. The molecule has 3 aromatic rings. The van der Waals surface area contributed by atoms with Crippen molar-refractivity contribution in [3.05, 3.63) is 59.5 Å². The van der Waals surface area contributed by atoms with Gasteiger partial charge in [0, 0.05) is 11.9 Å². The van der Waals surface area contributed by atoms with Gasteiger partial charge in [-0.15, -0.1) is 0 Å². The predicted octanol–water partition coefficient (Wildman–Crippen LogP) is 3.55. The van der Waals surface area contributed by atoms with Crippen LogP contribution < -0.4 is 5.32 Å². The van der Waals surface area contributed by atoms with Crippen molar-refractivity contribution in [2.75, 3.05) is 5.32 Å². The Balaban J connectivity index is 2.01. The molecule has 23 heavy (non-hydrogen) atoms. The van der Waals surface area contributed by atoms with Gasteiger partial charge in [-0.3, -0.25) is 9.20 Å². The Morgan fingerprint density at radius 2 is 2.13 bits per heavy atom. The van der Waals surface area contributed by atoms with E-state index < -0.39 is 0 Å². The topological polar surface area (TPSA) is 66.6 Å². The number of benzene rings is 1. The lowest BCUT2D eigenvalue weighted by Gasteiger charge is -2.09. The molecule has 1 aromatic carbocycles. The minimum Gasteiger partial charge on any atom is -0.508 e. The first-order valence-corrected chi connectivity index (χ1v) is 7.67. The average molecular weight is 309 g/mol. The molecule has 2 N–H and O–H groups in total. The van der Waals surface area contributed by atoms with Crippen molar-refractivity contribution in [2.24, 2.45) is 0 Å². The number of hydrogen-bond acceptors (Lipinski definition) is 3. The SMILES string of the molecule is CCCc1nc2ccccn2c1C(=O)Nc1ccc(O)cc1C. The molecule has 0 unspecified atom stereocenters. The monoisotopic (exact) mass is 309 g/mol. The van der Waals surface area contributed by atoms with Crippen LogP contribution in [-0.2, 0) is 6.42 Å². The highest BCUT2D eigenvalue weighted by Crippen LogP contribution is 2.22. The normalized spacial score (nSPS) is 10.9. The molecule has 0 saturated heterocycles. The Hall–Kier alpha value is -2.82. The molecule has 3 rings (SSSR count). The molecule has 5 nitrogen and oxygen atoms in total. The highest BCUT2D eigenvalue weighted by molar-refractivity contribution is 6.05. The molecule has 0 aliphatic heterocycles. The van der Waals surface area contributed by atoms with Crippen molar-refractivity contribution in [3.8, 4) is 5.75 Å². The number of phenolic OH excluding ortho intramolecular Hbond substituents is 1. The fraction of sp³-hybridized carbons (Fsp3) is 0.222. The summed E-state index contributed by atoms with van der Waals surface area (Å²) in [6.07, 6.45) is 3.52. The van der Waals surface area contributed by atoms with Gasteiger partial charge in [0.25, 0.3) is 5.91 Å². The number of nitrogens with one attached hydrogen (secondary N) is 1. The molecule has 1 amide bonds. The molecule has 0 spiro atoms. The van der Waals surface area contributed by atoms with E-state index >= 15 is 0 Å². The van der Waals surface area contributed by atoms with Crippen molar-refractivity contribution in [3.63, 3.8) is 0 Å². The molecule has 0 saturated carbocycles. The summed E-state index contributed by atoms with van der Waals surface area (Å²) >= 11 is 0. The van der Waals surface area contributed by atoms with Gasteiger partial charge in [-0.25, -0.2) is 4.98 Å². The summed E-state index contributed by atoms with van der Waals surface area (Å²) in [6, 6.07) is 10.6. The van der Waals surface area contributed by atoms with Crippen LogP contribution in [0.25, 0.3) is 5.65 Å². The summed E-state index contributed by atoms with van der Waals surface area (Å²) in [7, 11) is 0. The van der Waals surface area contributed by atoms with Crippen LogP contribution in [0.2, 0.25) is 0 Å². The summed E-state index contributed by atoms with van der Waals surface area (Å²) < 4.78 is 1.82. The van der Waals surface area contributed by atoms with Crippen LogP contribution in [-0.4, -0.2) is 20.4 Å². The molecule has 5 heteroatoms. The van der Waals surface area contributed by atoms with E-state index in [2.05, 4.69) is 17.2 Å². The molecule has 0 aliphatic rings. The van der Waals surface area contributed by atoms with Crippen LogP contribution in [0.1, 0.15) is 35.1 Å². The maximum atomic E-state index is 12.8. The van der Waals surface area contributed by atoms with E-state index in [1.54, 1.807) is 18.2 Å². The first kappa shape index (κ1) is 15.1. The second-order valence-electron chi connectivity index (χ2n) is 5.54. The molecule has 0 aliphatic carbocycles. The Bertz CT molecular complexity index is 868. The standard InChI is InChI=1S/C18H19N3O2/c1-3-6-15-17(21-10-5-4-7-16(21)19-15)18(23)20-14-9-8-13(22)11-12(14)2/h4-5,7-11,22H,3,6H2,1-2H3,(H,20,23). The van der Waals surface area contributed by atoms with Gasteiger partial charge < -0.3 is 10.4 Å². The summed E-state index contributed by atoms with van der Waals surface area (Å²) in [5, 5.41) is 12.4. The number of pyridine rings is 1. The van der Waals surface area contributed by atoms with E-state index in [0.717, 1.165) is 29.7 Å². The first-order valence-electron chi connectivity index (χ1n) is 7.67. The number of hydrogen-bond donors (Lipinski definition) is 2. The number of carbonyl (C=O) groups is 1. The van der Waals surface area contributed by atoms with Crippen LogP contribution in [0.3, 0.4) is 0 Å². The van der Waals surface area contributed by atoms with Crippen molar-refractivity contribution in [1.29, 1.82) is 0 Å². The highest BCUT2D eigenvalue weighted by atomic mass is 16.3. The number of aryl methyl sites for hydroxylation is 2. The smallest absolute Gasteiger partial charge is 0.274 e. The number of phenols is 1. The summed E-state index contributed by atoms with van der Waals surface area (Å²) in [6.45, 7) is 3.91. The van der Waals surface area contributed by atoms with Gasteiger partial charge in [-0.2, -0.15) is 0 Å². The van der Waals surface area contributed by atoms with Gasteiger partial charge >= 0.3 is 0 Å². The first-order chi connectivity index (χ1) is 11.1. The zero-order valence-electron chi connectivity index (χ0n) is 13.2. The van der Waals surface area contributed by atoms with Crippen molar-refractivity contribution in [2.45, 2.75) is 26.7 Å². The molecule has 0 fully saturated rings. The van der Waals surface area contributed by atoms with E-state index in [1.165, 1.54) is 0 Å². The van der Waals surface area contributed by atoms with Gasteiger partial charge in [-0.1, -0.05) is 19.4 Å². The molecular weight excluding hydrogens is 290 g/mol. The number of imidazole rings is 1. The van der Waals surface area contributed by atoms with Crippen molar-refractivity contribution in [1.82, 2.24) is 9.38 Å². The maximum absolute atomic E-state index is 12.8. The minimum atomic E-state index is -0.194. The number of aromatic hydroxyl groups is 1. The van der Waals surface area contributed by atoms with E-state index in [4.69, 9.17) is 0 Å². The van der Waals surface area contributed by atoms with Crippen LogP contribution >= 0.6 is 0 Å². The Morgan fingerprint density at radius 1 is 1.30 bits per heavy atom. The number of amides is 1. The Morgan fingerprint density at radius 3 is 2.87 bits per heavy atom. The lowest BCUT2D eigenvalue weighted by atomic mass is 10.1. The molecule has 2 aromatic heterocycles. The largest absolute Gasteiger partial charge is 0.508 e. The van der Waals surface area contributed by atoms with Gasteiger partial charge in [0.1, 0.15) is 17.1 Å². The average Bonchev–Trinajstić information content (AvgIpc) is 2.88. The number of rotatable bonds is 4. The summed E-state index contributed by atoms with van der Waals surface area (Å²) in [4.78, 5) is 17.4. The molecule has 0 radical (unpaired) electrons. The minimum absolute atomic E-state index is 0.182. The maximum Gasteiger partial charge on any atom is 0.274 e. The Labute approximate surface area is 134 Å². The van der Waals surface area contributed by atoms with Gasteiger partial charge in [-0.05, 0) is 49.2 Å². The lowest BCUT2D eigenvalue weighted by Crippen LogP contribution is -2.17. The van der Waals surface area contributed by atoms with Crippen molar-refractivity contribution < 1.29 is 9.90 Å². The molecule has 118 valence electrons. The van der Waals surface area contributed by atoms with Gasteiger partial charge in [0.15, 0.2) is 0 Å². The van der Waals surface area contributed by atoms with Crippen LogP contribution in [0.15, 0.2) is 42.6 Å². The Kier molecular flexibility index (Phi) is 4.02. The van der Waals surface area contributed by atoms with Crippen molar-refractivity contribution >= 4 is 17.2 Å². The van der Waals surface area contributed by atoms with Gasteiger partial charge in [0.2, 0.25) is 0 Å². The van der Waals surface area contributed by atoms with Crippen LogP contribution in [0.4, 0.5) is 5.69 Å². The number of carbonyl (C=O) groups excluding carboxylic acids is 1. The third-order valence-electron chi connectivity index (χ3n) is 3.76. The number of aromatic nitrogens is 2. The number of nitrogens with zero attached hydrogens (tertiary/aromatic N) is 2. The zero-order valence-corrected chi connectivity index (χ0v) is 13.2. The second kappa shape index (κ2) is 6.12. The predicted molar refractivity (Wildman–Crippen MR) is 90.0 cm³/mol. The van der Waals surface area contributed by atoms with E-state index in [9.17, 15) is 9.90 Å². The molecule has 0 atom stereocenters. The lowest BCUT2D eigenvalue weighted by molar-refractivity contribution is 0.102. The highest BCUT2D eigenvalue weighted by Gasteiger charge is 2.19. The van der Waals surface area contributed by atoms with E-state index in [1.807, 2.05) is 35.7 Å². The molecule has 0 bridgehead atoms. The molecular formula is C18H19N3O2. The zero-order chi connectivity index (χ0) is 16.4. The third kappa shape index (κ3) is 2.90. The third-order valence-corrected chi connectivity index (χ3v) is 3.76. The summed E-state index contributed by atoms with van der Waals surface area (Å²) in [5.41, 5.74) is 3.62. The van der Waals surface area contributed by atoms with Crippen LogP contribution in [0, 0.1) is 6.92 Å². The molecule has 2 heterocycles. The van der Waals surface area contributed by atoms with Crippen LogP contribution in [0.5, 0.6) is 5.75 Å². The summed E-state index contributed by atoms with van der Waals surface area (Å²) in [5.74, 6) is -0.0112. The quantitative estimate of drug-likeness (QED) is 0.724. The van der Waals surface area contributed by atoms with Gasteiger partial charge in [0.05, 0.1) is 5.69 Å². The van der Waals surface area contributed by atoms with E-state index in [-0.39, 0.29) is 11.7 Å². The second-order valence-corrected chi connectivity index (χ2v) is 5.54. The van der Waals surface area contributed by atoms with E-state index in [0.29, 0.717) is 11.4 Å². The fourth-order valence-electron chi connectivity index (χ4n) is 2.67. The number of fused-ring (bicyclic) bond motifs is 1.